The van der Waals surface area contributed by atoms with Gasteiger partial charge in [0.15, 0.2) is 24.6 Å². The Bertz CT molecular complexity index is 1540. The summed E-state index contributed by atoms with van der Waals surface area (Å²) in [6, 6.07) is 19.4. The van der Waals surface area contributed by atoms with Gasteiger partial charge in [-0.3, -0.25) is 4.79 Å². The van der Waals surface area contributed by atoms with Crippen LogP contribution in [-0.4, -0.2) is 72.1 Å². The van der Waals surface area contributed by atoms with Crippen LogP contribution in [0.1, 0.15) is 67.5 Å². The van der Waals surface area contributed by atoms with Crippen LogP contribution in [0.3, 0.4) is 0 Å². The van der Waals surface area contributed by atoms with Gasteiger partial charge in [0, 0.05) is 6.42 Å². The largest absolute Gasteiger partial charge is 0.463 e. The quantitative estimate of drug-likeness (QED) is 0.239. The minimum Gasteiger partial charge on any atom is -0.463 e. The summed E-state index contributed by atoms with van der Waals surface area (Å²) >= 11 is 0. The van der Waals surface area contributed by atoms with Gasteiger partial charge in [0.05, 0.1) is 23.1 Å². The van der Waals surface area contributed by atoms with E-state index in [9.17, 15) is 29.1 Å². The Morgan fingerprint density at radius 3 is 1.41 bits per heavy atom. The molecule has 0 spiro atoms. The molecule has 3 aromatic carbocycles. The van der Waals surface area contributed by atoms with Gasteiger partial charge in [0.1, 0.15) is 18.5 Å². The topological polar surface area (TPSA) is 152 Å². The second-order valence-electron chi connectivity index (χ2n) is 11.2. The van der Waals surface area contributed by atoms with E-state index in [0.29, 0.717) is 0 Å². The molecule has 242 valence electrons. The fraction of sp³-hybridized carbons (Fsp3) is 0.343. The van der Waals surface area contributed by atoms with E-state index in [1.165, 1.54) is 43.3 Å². The first-order chi connectivity index (χ1) is 21.9. The zero-order chi connectivity index (χ0) is 33.4. The van der Waals surface area contributed by atoms with Crippen molar-refractivity contribution in [3.63, 3.8) is 0 Å². The van der Waals surface area contributed by atoms with E-state index in [4.69, 9.17) is 23.7 Å². The average molecular weight is 633 g/mol. The number of carbonyl (C=O) groups is 5. The zero-order valence-electron chi connectivity index (χ0n) is 26.0. The van der Waals surface area contributed by atoms with Crippen molar-refractivity contribution in [3.8, 4) is 0 Å². The molecular weight excluding hydrogens is 596 g/mol. The molecule has 0 aliphatic carbocycles. The number of aliphatic hydroxyl groups is 1. The van der Waals surface area contributed by atoms with Crippen LogP contribution in [0.4, 0.5) is 0 Å². The summed E-state index contributed by atoms with van der Waals surface area (Å²) in [6.07, 6.45) is -8.31. The number of carbonyl (C=O) groups excluding carboxylic acids is 5. The van der Waals surface area contributed by atoms with Gasteiger partial charge in [-0.1, -0.05) is 53.1 Å². The predicted molar refractivity (Wildman–Crippen MR) is 163 cm³/mol. The summed E-state index contributed by atoms with van der Waals surface area (Å²) in [7, 11) is 0. The van der Waals surface area contributed by atoms with Crippen LogP contribution < -0.4 is 0 Å². The van der Waals surface area contributed by atoms with Crippen LogP contribution in [0.25, 0.3) is 0 Å². The second kappa shape index (κ2) is 15.4. The molecule has 1 saturated heterocycles. The third kappa shape index (κ3) is 9.09. The normalized spacial score (nSPS) is 20.7. The number of hydrogen-bond acceptors (Lipinski definition) is 11. The highest BCUT2D eigenvalue weighted by atomic mass is 16.7. The maximum Gasteiger partial charge on any atom is 0.338 e. The molecule has 1 N–H and O–H groups in total. The van der Waals surface area contributed by atoms with Gasteiger partial charge >= 0.3 is 23.9 Å². The lowest BCUT2D eigenvalue weighted by atomic mass is 9.97. The van der Waals surface area contributed by atoms with Crippen molar-refractivity contribution in [2.75, 3.05) is 6.61 Å². The summed E-state index contributed by atoms with van der Waals surface area (Å²) in [5.74, 6) is -3.51. The van der Waals surface area contributed by atoms with Crippen LogP contribution >= 0.6 is 0 Å². The van der Waals surface area contributed by atoms with Gasteiger partial charge in [-0.15, -0.1) is 0 Å². The smallest absolute Gasteiger partial charge is 0.338 e. The fourth-order valence-corrected chi connectivity index (χ4v) is 4.60. The van der Waals surface area contributed by atoms with Crippen molar-refractivity contribution in [1.29, 1.82) is 0 Å². The van der Waals surface area contributed by atoms with Gasteiger partial charge < -0.3 is 33.6 Å². The monoisotopic (exact) mass is 632 g/mol. The van der Waals surface area contributed by atoms with Gasteiger partial charge in [0.2, 0.25) is 0 Å². The van der Waals surface area contributed by atoms with E-state index in [0.717, 1.165) is 16.7 Å². The second-order valence-corrected chi connectivity index (χ2v) is 11.2. The molecule has 1 aliphatic rings. The third-order valence-corrected chi connectivity index (χ3v) is 7.29. The highest BCUT2D eigenvalue weighted by Gasteiger charge is 2.52. The summed E-state index contributed by atoms with van der Waals surface area (Å²) < 4.78 is 28.3. The number of ketones is 1. The number of rotatable bonds is 11. The van der Waals surface area contributed by atoms with Crippen LogP contribution in [0.2, 0.25) is 0 Å². The number of benzene rings is 3. The van der Waals surface area contributed by atoms with Crippen molar-refractivity contribution < 1.29 is 52.8 Å². The minimum atomic E-state index is -1.89. The minimum absolute atomic E-state index is 0.0490. The van der Waals surface area contributed by atoms with Crippen LogP contribution in [0.5, 0.6) is 0 Å². The Balaban J connectivity index is 1.69. The van der Waals surface area contributed by atoms with E-state index in [2.05, 4.69) is 0 Å². The van der Waals surface area contributed by atoms with Crippen molar-refractivity contribution in [3.05, 3.63) is 106 Å². The molecule has 0 radical (unpaired) electrons. The Morgan fingerprint density at radius 1 is 0.609 bits per heavy atom. The van der Waals surface area contributed by atoms with Gasteiger partial charge in [-0.05, 0) is 64.1 Å². The molecule has 5 atom stereocenters. The predicted octanol–water partition coefficient (Wildman–Crippen LogP) is 4.22. The van der Waals surface area contributed by atoms with Crippen molar-refractivity contribution in [1.82, 2.24) is 0 Å². The van der Waals surface area contributed by atoms with Crippen molar-refractivity contribution in [2.45, 2.75) is 71.2 Å². The lowest BCUT2D eigenvalue weighted by Gasteiger charge is -2.42. The number of hydrogen-bond donors (Lipinski definition) is 1. The third-order valence-electron chi connectivity index (χ3n) is 7.29. The molecule has 1 aliphatic heterocycles. The van der Waals surface area contributed by atoms with E-state index in [-0.39, 0.29) is 35.3 Å². The number of esters is 4. The maximum atomic E-state index is 13.4. The molecule has 11 heteroatoms. The maximum absolute atomic E-state index is 13.4. The summed E-state index contributed by atoms with van der Waals surface area (Å²) in [5, 5.41) is 11.1. The first-order valence-electron chi connectivity index (χ1n) is 14.7. The molecule has 1 heterocycles. The molecule has 0 unspecified atom stereocenters. The molecule has 1 fully saturated rings. The highest BCUT2D eigenvalue weighted by Crippen LogP contribution is 2.30. The van der Waals surface area contributed by atoms with E-state index in [1.807, 2.05) is 20.8 Å². The summed E-state index contributed by atoms with van der Waals surface area (Å²) in [6.45, 7) is 6.31. The summed E-state index contributed by atoms with van der Waals surface area (Å²) in [5.41, 5.74) is 3.13. The molecule has 0 amide bonds. The Kier molecular flexibility index (Phi) is 11.4. The van der Waals surface area contributed by atoms with E-state index < -0.39 is 61.2 Å². The molecule has 46 heavy (non-hydrogen) atoms. The van der Waals surface area contributed by atoms with Gasteiger partial charge in [-0.25, -0.2) is 14.4 Å². The fourth-order valence-electron chi connectivity index (χ4n) is 4.60. The molecule has 4 rings (SSSR count). The number of ether oxygens (including phenoxy) is 5. The Morgan fingerprint density at radius 2 is 1.00 bits per heavy atom. The van der Waals surface area contributed by atoms with Crippen LogP contribution in [0.15, 0.2) is 72.8 Å². The molecule has 3 aromatic rings. The lowest BCUT2D eigenvalue weighted by molar-refractivity contribution is -0.285. The molecular formula is C35H36O11. The highest BCUT2D eigenvalue weighted by molar-refractivity contribution is 5.91. The Hall–Kier alpha value is -4.87. The molecule has 11 nitrogen and oxygen atoms in total. The molecule has 0 saturated carbocycles. The van der Waals surface area contributed by atoms with Gasteiger partial charge in [0.25, 0.3) is 0 Å². The van der Waals surface area contributed by atoms with Crippen LogP contribution in [-0.2, 0) is 33.3 Å². The molecule has 0 aromatic heterocycles. The number of aryl methyl sites for hydroxylation is 3. The molecule has 0 bridgehead atoms. The van der Waals surface area contributed by atoms with E-state index in [1.54, 1.807) is 36.4 Å². The van der Waals surface area contributed by atoms with E-state index >= 15 is 0 Å². The van der Waals surface area contributed by atoms with Crippen LogP contribution in [0, 0.1) is 20.8 Å². The first kappa shape index (κ1) is 34.0. The SMILES string of the molecule is CC(=O)CCC(=O)OC[C@H]1O[C@H](O)[C@H](OC(=O)c2ccc(C)cc2)[C@@H](OC(=O)c2ccc(C)cc2)[C@@H]1OC(=O)c1ccc(C)cc1. The summed E-state index contributed by atoms with van der Waals surface area (Å²) in [4.78, 5) is 63.6. The number of aliphatic hydroxyl groups excluding tert-OH is 1. The van der Waals surface area contributed by atoms with Crippen molar-refractivity contribution >= 4 is 29.7 Å². The average Bonchev–Trinajstić information content (AvgIpc) is 3.02. The lowest BCUT2D eigenvalue weighted by Crippen LogP contribution is -2.62. The number of Topliss-reactive ketones (excluding diaryl/α,β-unsaturated/α-hetero) is 1. The Labute approximate surface area is 266 Å². The first-order valence-corrected chi connectivity index (χ1v) is 14.7. The van der Waals surface area contributed by atoms with Crippen molar-refractivity contribution in [2.24, 2.45) is 0 Å². The zero-order valence-corrected chi connectivity index (χ0v) is 26.0. The standard InChI is InChI=1S/C35H36O11/c1-20-5-12-24(13-6-20)32(38)44-29-27(19-42-28(37)18-11-23(4)36)43-35(41)31(46-34(40)26-16-9-22(3)10-17-26)30(29)45-33(39)25-14-7-21(2)8-15-25/h5-10,12-17,27,29-31,35,41H,11,18-19H2,1-4H3/t27-,29-,30+,31-,35+/m1/s1. The van der Waals surface area contributed by atoms with Gasteiger partial charge in [-0.2, -0.15) is 0 Å².